The van der Waals surface area contributed by atoms with Gasteiger partial charge in [-0.15, -0.1) is 0 Å². The van der Waals surface area contributed by atoms with E-state index in [-0.39, 0.29) is 18.0 Å². The number of nitrogens with zero attached hydrogens (tertiary/aromatic N) is 7. The molecule has 0 bridgehead atoms. The summed E-state index contributed by atoms with van der Waals surface area (Å²) in [6, 6.07) is 12.4. The van der Waals surface area contributed by atoms with Crippen LogP contribution in [0.15, 0.2) is 48.8 Å². The van der Waals surface area contributed by atoms with Crippen molar-refractivity contribution in [3.63, 3.8) is 0 Å². The highest BCUT2D eigenvalue weighted by atomic mass is 16.5. The van der Waals surface area contributed by atoms with E-state index in [1.54, 1.807) is 7.11 Å². The van der Waals surface area contributed by atoms with Crippen molar-refractivity contribution in [3.8, 4) is 17.0 Å². The quantitative estimate of drug-likeness (QED) is 0.477. The average Bonchev–Trinajstić information content (AvgIpc) is 3.62. The number of hydrogen-bond donors (Lipinski definition) is 1. The first-order chi connectivity index (χ1) is 17.7. The molecule has 2 fully saturated rings. The molecule has 4 aromatic rings. The van der Waals surface area contributed by atoms with Crippen LogP contribution in [0.5, 0.6) is 5.75 Å². The van der Waals surface area contributed by atoms with Gasteiger partial charge in [-0.1, -0.05) is 18.2 Å². The molecule has 10 heteroatoms. The van der Waals surface area contributed by atoms with Crippen LogP contribution in [-0.4, -0.2) is 74.8 Å². The lowest BCUT2D eigenvalue weighted by Crippen LogP contribution is -2.52. The number of methoxy groups -OCH3 is 1. The van der Waals surface area contributed by atoms with Gasteiger partial charge in [0.1, 0.15) is 5.75 Å². The van der Waals surface area contributed by atoms with Gasteiger partial charge in [0.2, 0.25) is 5.95 Å². The zero-order valence-corrected chi connectivity index (χ0v) is 20.0. The summed E-state index contributed by atoms with van der Waals surface area (Å²) in [6.45, 7) is 2.80. The number of imidazole rings is 1. The number of urea groups is 1. The summed E-state index contributed by atoms with van der Waals surface area (Å²) >= 11 is 0. The first-order valence-corrected chi connectivity index (χ1v) is 12.3. The second-order valence-corrected chi connectivity index (χ2v) is 9.52. The van der Waals surface area contributed by atoms with Gasteiger partial charge in [-0.05, 0) is 31.0 Å². The molecule has 1 aliphatic carbocycles. The number of aryl methyl sites for hydroxylation is 1. The van der Waals surface area contributed by atoms with Crippen LogP contribution >= 0.6 is 0 Å². The fraction of sp³-hybridized carbons (Fsp3) is 0.346. The van der Waals surface area contributed by atoms with E-state index in [9.17, 15) is 4.79 Å². The number of fused-ring (bicyclic) bond motifs is 4. The van der Waals surface area contributed by atoms with Crippen LogP contribution in [0, 0.1) is 0 Å². The van der Waals surface area contributed by atoms with Gasteiger partial charge in [-0.2, -0.15) is 5.10 Å². The van der Waals surface area contributed by atoms with Crippen molar-refractivity contribution in [2.45, 2.75) is 24.8 Å². The molecule has 7 rings (SSSR count). The highest BCUT2D eigenvalue weighted by Crippen LogP contribution is 2.41. The Balaban J connectivity index is 1.19. The maximum absolute atomic E-state index is 11.9. The lowest BCUT2D eigenvalue weighted by molar-refractivity contribution is 0.197. The maximum atomic E-state index is 11.9. The molecule has 3 aliphatic rings. The number of carbonyl (C=O) groups excluding carboxylic acids is 1. The van der Waals surface area contributed by atoms with Crippen molar-refractivity contribution in [3.05, 3.63) is 65.7 Å². The van der Waals surface area contributed by atoms with Gasteiger partial charge >= 0.3 is 6.03 Å². The number of anilines is 1. The van der Waals surface area contributed by atoms with Crippen LogP contribution in [0.1, 0.15) is 29.3 Å². The number of hydrogen-bond acceptors (Lipinski definition) is 7. The molecule has 2 unspecified atom stereocenters. The molecule has 2 atom stereocenters. The third-order valence-corrected chi connectivity index (χ3v) is 7.55. The molecule has 2 aliphatic heterocycles. The molecule has 0 radical (unpaired) electrons. The van der Waals surface area contributed by atoms with Gasteiger partial charge in [-0.3, -0.25) is 0 Å². The molecule has 5 heterocycles. The summed E-state index contributed by atoms with van der Waals surface area (Å²) in [5, 5.41) is 7.88. The lowest BCUT2D eigenvalue weighted by Gasteiger charge is -2.36. The van der Waals surface area contributed by atoms with Crippen molar-refractivity contribution >= 4 is 17.6 Å². The van der Waals surface area contributed by atoms with Gasteiger partial charge in [0.25, 0.3) is 0 Å². The smallest absolute Gasteiger partial charge is 0.317 e. The first-order valence-electron chi connectivity index (χ1n) is 12.3. The summed E-state index contributed by atoms with van der Waals surface area (Å²) in [7, 11) is 1.72. The van der Waals surface area contributed by atoms with Crippen LogP contribution in [0.4, 0.5) is 10.7 Å². The SMILES string of the molecule is COc1ccccc1C1CCc2nc3ccc(-c4cnc(N5CCN6C(=O)NCC6C5)nc4)nn3c21. The zero-order valence-electron chi connectivity index (χ0n) is 20.0. The fourth-order valence-electron chi connectivity index (χ4n) is 5.76. The summed E-state index contributed by atoms with van der Waals surface area (Å²) in [5.41, 5.74) is 5.90. The molecule has 2 amide bonds. The minimum absolute atomic E-state index is 0.0244. The zero-order chi connectivity index (χ0) is 24.2. The molecule has 0 spiro atoms. The molecule has 3 aromatic heterocycles. The third-order valence-electron chi connectivity index (χ3n) is 7.55. The largest absolute Gasteiger partial charge is 0.496 e. The Morgan fingerprint density at radius 2 is 1.94 bits per heavy atom. The number of para-hydroxylation sites is 1. The highest BCUT2D eigenvalue weighted by Gasteiger charge is 2.36. The van der Waals surface area contributed by atoms with E-state index in [2.05, 4.69) is 32.3 Å². The van der Waals surface area contributed by atoms with Crippen molar-refractivity contribution in [1.82, 2.24) is 34.8 Å². The normalized spacial score (nSPS) is 21.0. The monoisotopic (exact) mass is 482 g/mol. The minimum atomic E-state index is 0.0244. The van der Waals surface area contributed by atoms with Crippen LogP contribution in [0.2, 0.25) is 0 Å². The molecule has 182 valence electrons. The summed E-state index contributed by atoms with van der Waals surface area (Å²) in [6.07, 6.45) is 5.57. The number of ether oxygens (including phenoxy) is 1. The number of benzene rings is 1. The van der Waals surface area contributed by atoms with Crippen molar-refractivity contribution in [2.75, 3.05) is 38.2 Å². The number of nitrogens with one attached hydrogen (secondary N) is 1. The minimum Gasteiger partial charge on any atom is -0.496 e. The summed E-state index contributed by atoms with van der Waals surface area (Å²) in [5.74, 6) is 1.76. The second kappa shape index (κ2) is 8.18. The Bertz CT molecular complexity index is 1470. The first kappa shape index (κ1) is 21.1. The molecule has 1 N–H and O–H groups in total. The van der Waals surface area contributed by atoms with E-state index < -0.39 is 0 Å². The predicted molar refractivity (Wildman–Crippen MR) is 133 cm³/mol. The van der Waals surface area contributed by atoms with E-state index in [0.29, 0.717) is 19.0 Å². The standard InChI is InChI=1S/C26H26N8O2/c1-36-22-5-3-2-4-18(22)19-6-7-21-24(19)34-23(30-21)9-8-20(31-34)16-12-27-25(28-13-16)32-10-11-33-17(15-32)14-29-26(33)35/h2-5,8-9,12-13,17,19H,6-7,10-11,14-15H2,1H3,(H,29,35). The van der Waals surface area contributed by atoms with E-state index in [0.717, 1.165) is 60.0 Å². The Morgan fingerprint density at radius 1 is 1.08 bits per heavy atom. The van der Waals surface area contributed by atoms with E-state index in [1.807, 2.05) is 46.1 Å². The number of amides is 2. The average molecular weight is 483 g/mol. The van der Waals surface area contributed by atoms with Gasteiger partial charge < -0.3 is 19.9 Å². The van der Waals surface area contributed by atoms with E-state index >= 15 is 0 Å². The van der Waals surface area contributed by atoms with E-state index in [1.165, 1.54) is 5.56 Å². The lowest BCUT2D eigenvalue weighted by atomic mass is 9.96. The molecule has 1 aromatic carbocycles. The molecular weight excluding hydrogens is 456 g/mol. The van der Waals surface area contributed by atoms with Crippen molar-refractivity contribution < 1.29 is 9.53 Å². The summed E-state index contributed by atoms with van der Waals surface area (Å²) < 4.78 is 7.63. The van der Waals surface area contributed by atoms with Gasteiger partial charge in [0, 0.05) is 55.6 Å². The Morgan fingerprint density at radius 3 is 2.81 bits per heavy atom. The van der Waals surface area contributed by atoms with Crippen LogP contribution in [0.3, 0.4) is 0 Å². The predicted octanol–water partition coefficient (Wildman–Crippen LogP) is 2.49. The van der Waals surface area contributed by atoms with Crippen LogP contribution in [-0.2, 0) is 6.42 Å². The van der Waals surface area contributed by atoms with Crippen LogP contribution in [0.25, 0.3) is 16.9 Å². The van der Waals surface area contributed by atoms with Gasteiger partial charge in [0.15, 0.2) is 5.65 Å². The Labute approximate surface area is 207 Å². The molecule has 2 saturated heterocycles. The van der Waals surface area contributed by atoms with Gasteiger partial charge in [-0.25, -0.2) is 24.3 Å². The number of carbonyl (C=O) groups is 1. The summed E-state index contributed by atoms with van der Waals surface area (Å²) in [4.78, 5) is 30.1. The molecule has 0 saturated carbocycles. The topological polar surface area (TPSA) is 101 Å². The van der Waals surface area contributed by atoms with Crippen molar-refractivity contribution in [2.24, 2.45) is 0 Å². The molecule has 36 heavy (non-hydrogen) atoms. The van der Waals surface area contributed by atoms with Crippen molar-refractivity contribution in [1.29, 1.82) is 0 Å². The third kappa shape index (κ3) is 3.28. The second-order valence-electron chi connectivity index (χ2n) is 9.52. The molecular formula is C26H26N8O2. The Kier molecular flexibility index (Phi) is 4.80. The highest BCUT2D eigenvalue weighted by molar-refractivity contribution is 5.77. The number of piperazine rings is 1. The number of rotatable bonds is 4. The van der Waals surface area contributed by atoms with E-state index in [4.69, 9.17) is 14.8 Å². The Hall–Kier alpha value is -4.21. The number of aromatic nitrogens is 5. The molecule has 10 nitrogen and oxygen atoms in total. The maximum Gasteiger partial charge on any atom is 0.317 e. The van der Waals surface area contributed by atoms with Gasteiger partial charge in [0.05, 0.1) is 30.2 Å². The van der Waals surface area contributed by atoms with Crippen LogP contribution < -0.4 is 15.0 Å². The fourth-order valence-corrected chi connectivity index (χ4v) is 5.76.